The Morgan fingerprint density at radius 1 is 1.36 bits per heavy atom. The smallest absolute Gasteiger partial charge is 0.240 e. The molecule has 1 heterocycles. The minimum atomic E-state index is -3.46. The van der Waals surface area contributed by atoms with E-state index in [-0.39, 0.29) is 4.90 Å². The number of aromatic nitrogens is 2. The molecule has 0 radical (unpaired) electrons. The Hall–Kier alpha value is -2.39. The van der Waals surface area contributed by atoms with Crippen molar-refractivity contribution < 1.29 is 8.42 Å². The van der Waals surface area contributed by atoms with E-state index in [1.807, 2.05) is 35.9 Å². The number of rotatable bonds is 7. The van der Waals surface area contributed by atoms with Gasteiger partial charge in [0, 0.05) is 46.0 Å². The number of aliphatic imine (C=N–C) groups is 1. The highest BCUT2D eigenvalue weighted by molar-refractivity contribution is 7.89. The summed E-state index contributed by atoms with van der Waals surface area (Å²) in [6.45, 7) is 5.40. The number of guanidine groups is 1. The molecule has 0 saturated heterocycles. The van der Waals surface area contributed by atoms with E-state index in [1.54, 1.807) is 25.2 Å². The zero-order chi connectivity index (χ0) is 20.9. The molecule has 0 aliphatic heterocycles. The number of nitrogens with one attached hydrogen (secondary N) is 2. The molecule has 0 saturated carbocycles. The Labute approximate surface area is 167 Å². The predicted octanol–water partition coefficient (Wildman–Crippen LogP) is 1.66. The molecule has 2 N–H and O–H groups in total. The summed E-state index contributed by atoms with van der Waals surface area (Å²) in [5, 5.41) is 7.84. The molecular weight excluding hydrogens is 376 g/mol. The van der Waals surface area contributed by atoms with Gasteiger partial charge in [0.25, 0.3) is 0 Å². The normalized spacial score (nSPS) is 12.5. The van der Waals surface area contributed by atoms with Crippen LogP contribution in [0.1, 0.15) is 36.6 Å². The van der Waals surface area contributed by atoms with Gasteiger partial charge in [-0.15, -0.1) is 0 Å². The number of benzene rings is 1. The van der Waals surface area contributed by atoms with Gasteiger partial charge in [0.15, 0.2) is 5.96 Å². The van der Waals surface area contributed by atoms with Crippen LogP contribution in [0.15, 0.2) is 40.4 Å². The van der Waals surface area contributed by atoms with Crippen molar-refractivity contribution >= 4 is 16.0 Å². The molecule has 0 bridgehead atoms. The third-order valence-electron chi connectivity index (χ3n) is 4.39. The van der Waals surface area contributed by atoms with Crippen LogP contribution in [0.3, 0.4) is 0 Å². The molecule has 0 aliphatic carbocycles. The van der Waals surface area contributed by atoms with Gasteiger partial charge < -0.3 is 10.2 Å². The Bertz CT molecular complexity index is 934. The van der Waals surface area contributed by atoms with Crippen molar-refractivity contribution in [2.45, 2.75) is 37.8 Å². The summed E-state index contributed by atoms with van der Waals surface area (Å²) >= 11 is 0. The maximum Gasteiger partial charge on any atom is 0.240 e. The first-order chi connectivity index (χ1) is 13.2. The van der Waals surface area contributed by atoms with Crippen molar-refractivity contribution in [2.75, 3.05) is 21.1 Å². The first-order valence-corrected chi connectivity index (χ1v) is 10.6. The van der Waals surface area contributed by atoms with Crippen LogP contribution in [0.2, 0.25) is 0 Å². The lowest BCUT2D eigenvalue weighted by Crippen LogP contribution is -2.38. The molecule has 0 unspecified atom stereocenters. The minimum absolute atomic E-state index is 0.245. The van der Waals surface area contributed by atoms with Gasteiger partial charge in [0.05, 0.1) is 10.6 Å². The molecule has 8 nitrogen and oxygen atoms in total. The molecule has 28 heavy (non-hydrogen) atoms. The van der Waals surface area contributed by atoms with Gasteiger partial charge in [-0.3, -0.25) is 9.67 Å². The fraction of sp³-hybridized carbons (Fsp3) is 0.474. The lowest BCUT2D eigenvalue weighted by molar-refractivity contribution is 0.473. The van der Waals surface area contributed by atoms with Crippen molar-refractivity contribution in [3.05, 3.63) is 47.3 Å². The van der Waals surface area contributed by atoms with E-state index in [4.69, 9.17) is 0 Å². The predicted molar refractivity (Wildman–Crippen MR) is 112 cm³/mol. The van der Waals surface area contributed by atoms with Gasteiger partial charge >= 0.3 is 0 Å². The quantitative estimate of drug-likeness (QED) is 0.539. The molecule has 0 spiro atoms. The van der Waals surface area contributed by atoms with Crippen molar-refractivity contribution in [3.8, 4) is 0 Å². The molecule has 2 aromatic rings. The van der Waals surface area contributed by atoms with E-state index in [1.165, 1.54) is 7.05 Å². The molecule has 0 fully saturated rings. The van der Waals surface area contributed by atoms with Gasteiger partial charge in [0.1, 0.15) is 0 Å². The summed E-state index contributed by atoms with van der Waals surface area (Å²) in [7, 11) is 3.56. The molecule has 0 aliphatic rings. The number of aryl methyl sites for hydroxylation is 1. The average Bonchev–Trinajstić information content (AvgIpc) is 3.03. The summed E-state index contributed by atoms with van der Waals surface area (Å²) in [4.78, 5) is 6.61. The number of sulfonamides is 1. The maximum atomic E-state index is 12.0. The Kier molecular flexibility index (Phi) is 7.20. The van der Waals surface area contributed by atoms with Gasteiger partial charge in [0.2, 0.25) is 10.0 Å². The number of hydrogen-bond donors (Lipinski definition) is 2. The lowest BCUT2D eigenvalue weighted by Gasteiger charge is -2.22. The topological polar surface area (TPSA) is 91.6 Å². The highest BCUT2D eigenvalue weighted by atomic mass is 32.2. The molecule has 1 aromatic carbocycles. The van der Waals surface area contributed by atoms with Gasteiger partial charge in [-0.25, -0.2) is 13.1 Å². The van der Waals surface area contributed by atoms with E-state index in [0.29, 0.717) is 19.0 Å². The van der Waals surface area contributed by atoms with Crippen LogP contribution in [-0.4, -0.2) is 50.2 Å². The van der Waals surface area contributed by atoms with E-state index in [0.717, 1.165) is 22.8 Å². The van der Waals surface area contributed by atoms with Crippen LogP contribution in [-0.2, 0) is 30.2 Å². The van der Waals surface area contributed by atoms with E-state index >= 15 is 0 Å². The largest absolute Gasteiger partial charge is 0.352 e. The summed E-state index contributed by atoms with van der Waals surface area (Å²) in [5.74, 6) is 1.07. The van der Waals surface area contributed by atoms with Gasteiger partial charge in [-0.05, 0) is 30.7 Å². The molecule has 2 rings (SSSR count). The molecule has 0 atom stereocenters. The highest BCUT2D eigenvalue weighted by Gasteiger charge is 2.15. The fourth-order valence-electron chi connectivity index (χ4n) is 3.00. The van der Waals surface area contributed by atoms with Gasteiger partial charge in [-0.1, -0.05) is 26.0 Å². The van der Waals surface area contributed by atoms with Crippen LogP contribution in [0.4, 0.5) is 0 Å². The van der Waals surface area contributed by atoms with E-state index < -0.39 is 10.0 Å². The van der Waals surface area contributed by atoms with Crippen LogP contribution < -0.4 is 10.0 Å². The number of nitrogens with zero attached hydrogens (tertiary/aromatic N) is 4. The second kappa shape index (κ2) is 9.20. The van der Waals surface area contributed by atoms with Crippen LogP contribution in [0.5, 0.6) is 0 Å². The minimum Gasteiger partial charge on any atom is -0.352 e. The van der Waals surface area contributed by atoms with Crippen LogP contribution in [0, 0.1) is 0 Å². The summed E-state index contributed by atoms with van der Waals surface area (Å²) in [5.41, 5.74) is 3.09. The first-order valence-electron chi connectivity index (χ1n) is 9.14. The Balaban J connectivity index is 2.08. The molecule has 154 valence electrons. The molecule has 9 heteroatoms. The van der Waals surface area contributed by atoms with Crippen LogP contribution >= 0.6 is 0 Å². The Morgan fingerprint density at radius 2 is 2.07 bits per heavy atom. The third-order valence-corrected chi connectivity index (χ3v) is 5.81. The molecule has 1 aromatic heterocycles. The summed E-state index contributed by atoms with van der Waals surface area (Å²) in [6, 6.07) is 6.85. The highest BCUT2D eigenvalue weighted by Crippen LogP contribution is 2.18. The van der Waals surface area contributed by atoms with Crippen molar-refractivity contribution in [1.29, 1.82) is 0 Å². The van der Waals surface area contributed by atoms with Crippen LogP contribution in [0.25, 0.3) is 0 Å². The second-order valence-electron chi connectivity index (χ2n) is 6.98. The second-order valence-corrected chi connectivity index (χ2v) is 8.87. The third kappa shape index (κ3) is 5.32. The van der Waals surface area contributed by atoms with Crippen molar-refractivity contribution in [2.24, 2.45) is 12.0 Å². The van der Waals surface area contributed by atoms with Crippen molar-refractivity contribution in [1.82, 2.24) is 24.7 Å². The van der Waals surface area contributed by atoms with Crippen molar-refractivity contribution in [3.63, 3.8) is 0 Å². The number of hydrogen-bond acceptors (Lipinski definition) is 4. The first kappa shape index (κ1) is 21.9. The van der Waals surface area contributed by atoms with E-state index in [9.17, 15) is 8.42 Å². The molecular formula is C19H30N6O2S. The zero-order valence-electron chi connectivity index (χ0n) is 17.4. The average molecular weight is 407 g/mol. The SMILES string of the molecule is CN=C(NCc1cccc(S(=O)(=O)NC)c1)N(C)Cc1cn(C)nc1C(C)C. The van der Waals surface area contributed by atoms with E-state index in [2.05, 4.69) is 34.0 Å². The molecule has 0 amide bonds. The summed E-state index contributed by atoms with van der Waals surface area (Å²) in [6.07, 6.45) is 2.03. The van der Waals surface area contributed by atoms with Gasteiger partial charge in [-0.2, -0.15) is 5.10 Å². The summed E-state index contributed by atoms with van der Waals surface area (Å²) < 4.78 is 28.1. The lowest BCUT2D eigenvalue weighted by atomic mass is 10.1. The zero-order valence-corrected chi connectivity index (χ0v) is 18.2. The maximum absolute atomic E-state index is 12.0. The monoisotopic (exact) mass is 406 g/mol. The Morgan fingerprint density at radius 3 is 2.68 bits per heavy atom. The fourth-order valence-corrected chi connectivity index (χ4v) is 3.80. The standard InChI is InChI=1S/C19H30N6O2S/c1-14(2)18-16(13-25(6)23-18)12-24(5)19(20-3)22-11-15-8-7-9-17(10-15)28(26,27)21-4/h7-10,13-14,21H,11-12H2,1-6H3,(H,20,22).